The molecule has 2 amide bonds. The fourth-order valence-corrected chi connectivity index (χ4v) is 6.23. The summed E-state index contributed by atoms with van der Waals surface area (Å²) in [5.41, 5.74) is 5.31. The number of rotatable bonds is 4. The minimum Gasteiger partial charge on any atom is -0.444 e. The van der Waals surface area contributed by atoms with E-state index in [0.29, 0.717) is 24.3 Å². The van der Waals surface area contributed by atoms with Gasteiger partial charge in [0, 0.05) is 26.1 Å². The predicted molar refractivity (Wildman–Crippen MR) is 136 cm³/mol. The molecule has 1 aliphatic heterocycles. The molecule has 1 aromatic carbocycles. The molecule has 5 nitrogen and oxygen atoms in total. The maximum atomic E-state index is 13.7. The second kappa shape index (κ2) is 9.75. The normalized spacial score (nSPS) is 24.7. The zero-order valence-corrected chi connectivity index (χ0v) is 21.9. The minimum atomic E-state index is -0.479. The second-order valence-corrected chi connectivity index (χ2v) is 11.9. The Morgan fingerprint density at radius 2 is 1.79 bits per heavy atom. The second-order valence-electron chi connectivity index (χ2n) is 11.9. The summed E-state index contributed by atoms with van der Waals surface area (Å²) in [6.07, 6.45) is 5.50. The van der Waals surface area contributed by atoms with Crippen LogP contribution in [0.5, 0.6) is 0 Å². The lowest BCUT2D eigenvalue weighted by molar-refractivity contribution is -0.139. The van der Waals surface area contributed by atoms with E-state index >= 15 is 0 Å². The van der Waals surface area contributed by atoms with Gasteiger partial charge in [0.1, 0.15) is 5.60 Å². The van der Waals surface area contributed by atoms with Gasteiger partial charge in [-0.1, -0.05) is 38.1 Å². The van der Waals surface area contributed by atoms with Crippen LogP contribution < -0.4 is 0 Å². The third kappa shape index (κ3) is 5.18. The molecular weight excluding hydrogens is 424 g/mol. The first-order valence-corrected chi connectivity index (χ1v) is 13.1. The first-order chi connectivity index (χ1) is 16.0. The van der Waals surface area contributed by atoms with Crippen LogP contribution in [0.4, 0.5) is 4.79 Å². The monoisotopic (exact) mass is 466 g/mol. The molecule has 1 unspecified atom stereocenters. The van der Waals surface area contributed by atoms with Gasteiger partial charge in [-0.3, -0.25) is 4.79 Å². The Bertz CT molecular complexity index is 950. The molecule has 34 heavy (non-hydrogen) atoms. The van der Waals surface area contributed by atoms with Crippen LogP contribution in [0.3, 0.4) is 0 Å². The van der Waals surface area contributed by atoms with E-state index in [1.807, 2.05) is 27.8 Å². The molecule has 186 valence electrons. The van der Waals surface area contributed by atoms with Crippen molar-refractivity contribution >= 4 is 17.6 Å². The molecule has 0 N–H and O–H groups in total. The summed E-state index contributed by atoms with van der Waals surface area (Å²) in [7, 11) is 1.82. The van der Waals surface area contributed by atoms with Crippen LogP contribution in [0.15, 0.2) is 29.8 Å². The lowest BCUT2D eigenvalue weighted by Gasteiger charge is -2.42. The zero-order chi connectivity index (χ0) is 24.6. The largest absolute Gasteiger partial charge is 0.444 e. The summed E-state index contributed by atoms with van der Waals surface area (Å²) >= 11 is 0. The molecule has 2 aliphatic carbocycles. The van der Waals surface area contributed by atoms with Crippen LogP contribution in [0, 0.1) is 17.8 Å². The average Bonchev–Trinajstić information content (AvgIpc) is 3.15. The fourth-order valence-electron chi connectivity index (χ4n) is 6.23. The fraction of sp³-hybridized carbons (Fsp3) is 0.655. The maximum Gasteiger partial charge on any atom is 0.410 e. The third-order valence-electron chi connectivity index (χ3n) is 7.75. The van der Waals surface area contributed by atoms with Gasteiger partial charge in [-0.25, -0.2) is 4.79 Å². The Morgan fingerprint density at radius 1 is 1.12 bits per heavy atom. The van der Waals surface area contributed by atoms with Gasteiger partial charge in [-0.15, -0.1) is 0 Å². The van der Waals surface area contributed by atoms with Crippen LogP contribution >= 0.6 is 0 Å². The summed E-state index contributed by atoms with van der Waals surface area (Å²) in [6.45, 7) is 11.7. The number of hydrogen-bond acceptors (Lipinski definition) is 3. The quantitative estimate of drug-likeness (QED) is 0.553. The van der Waals surface area contributed by atoms with Crippen LogP contribution in [0.25, 0.3) is 5.57 Å². The highest BCUT2D eigenvalue weighted by Crippen LogP contribution is 2.43. The molecule has 4 rings (SSSR count). The van der Waals surface area contributed by atoms with Gasteiger partial charge < -0.3 is 14.5 Å². The smallest absolute Gasteiger partial charge is 0.410 e. The van der Waals surface area contributed by atoms with Gasteiger partial charge in [0.05, 0.1) is 6.04 Å². The maximum absolute atomic E-state index is 13.7. The third-order valence-corrected chi connectivity index (χ3v) is 7.75. The van der Waals surface area contributed by atoms with E-state index in [2.05, 4.69) is 43.0 Å². The number of nitrogens with zero attached hydrogens (tertiary/aromatic N) is 2. The van der Waals surface area contributed by atoms with Crippen LogP contribution in [-0.2, 0) is 16.0 Å². The zero-order valence-electron chi connectivity index (χ0n) is 21.9. The highest BCUT2D eigenvalue weighted by molar-refractivity contribution is 5.84. The summed E-state index contributed by atoms with van der Waals surface area (Å²) in [6, 6.07) is 8.97. The summed E-state index contributed by atoms with van der Waals surface area (Å²) in [5, 5.41) is 0. The lowest BCUT2D eigenvalue weighted by atomic mass is 9.79. The number of fused-ring (bicyclic) bond motifs is 2. The van der Waals surface area contributed by atoms with E-state index in [1.165, 1.54) is 22.3 Å². The Balaban J connectivity index is 1.37. The molecule has 1 aromatic rings. The van der Waals surface area contributed by atoms with Crippen molar-refractivity contribution in [3.8, 4) is 0 Å². The average molecular weight is 467 g/mol. The Morgan fingerprint density at radius 3 is 2.44 bits per heavy atom. The van der Waals surface area contributed by atoms with Crippen molar-refractivity contribution in [3.63, 3.8) is 0 Å². The van der Waals surface area contributed by atoms with Crippen molar-refractivity contribution in [1.82, 2.24) is 9.80 Å². The van der Waals surface area contributed by atoms with Gasteiger partial charge in [0.2, 0.25) is 5.91 Å². The van der Waals surface area contributed by atoms with Gasteiger partial charge in [0.25, 0.3) is 0 Å². The molecule has 5 heteroatoms. The minimum absolute atomic E-state index is 0.107. The number of carbonyl (C=O) groups excluding carboxylic acids is 2. The Labute approximate surface area is 205 Å². The van der Waals surface area contributed by atoms with Crippen molar-refractivity contribution < 1.29 is 14.3 Å². The van der Waals surface area contributed by atoms with E-state index in [-0.39, 0.29) is 18.1 Å². The van der Waals surface area contributed by atoms with Crippen molar-refractivity contribution in [1.29, 1.82) is 0 Å². The molecule has 0 bridgehead atoms. The molecule has 1 saturated carbocycles. The van der Waals surface area contributed by atoms with Gasteiger partial charge in [-0.2, -0.15) is 0 Å². The Kier molecular flexibility index (Phi) is 7.12. The number of hydrogen-bond donors (Lipinski definition) is 0. The molecule has 0 spiro atoms. The molecule has 0 saturated heterocycles. The van der Waals surface area contributed by atoms with Crippen molar-refractivity contribution in [2.75, 3.05) is 20.1 Å². The summed E-state index contributed by atoms with van der Waals surface area (Å²) < 4.78 is 5.49. The van der Waals surface area contributed by atoms with E-state index in [0.717, 1.165) is 45.1 Å². The van der Waals surface area contributed by atoms with Crippen LogP contribution in [0.1, 0.15) is 77.8 Å². The molecule has 3 aliphatic rings. The first-order valence-electron chi connectivity index (χ1n) is 13.1. The number of ether oxygens (including phenoxy) is 1. The van der Waals surface area contributed by atoms with E-state index in [4.69, 9.17) is 4.74 Å². The van der Waals surface area contributed by atoms with E-state index in [9.17, 15) is 9.59 Å². The van der Waals surface area contributed by atoms with Crippen molar-refractivity contribution in [3.05, 3.63) is 41.0 Å². The number of benzene rings is 1. The van der Waals surface area contributed by atoms with Gasteiger partial charge in [0.15, 0.2) is 0 Å². The Hall–Kier alpha value is -2.30. The first kappa shape index (κ1) is 24.8. The van der Waals surface area contributed by atoms with Gasteiger partial charge in [-0.05, 0) is 93.4 Å². The standard InChI is InChI=1S/C29H42N2O3/c1-19(2)26-25-17-22-9-7-8-10-23(22)24(25)15-16-31(26)27(32)21-13-11-20(12-14-21)18-30(6)28(33)34-29(3,4)5/h7-10,19-21,26H,11-18H2,1-6H3. The highest BCUT2D eigenvalue weighted by atomic mass is 16.6. The van der Waals surface area contributed by atoms with Crippen LogP contribution in [0.2, 0.25) is 0 Å². The summed E-state index contributed by atoms with van der Waals surface area (Å²) in [4.78, 5) is 30.0. The summed E-state index contributed by atoms with van der Waals surface area (Å²) in [5.74, 6) is 1.29. The highest BCUT2D eigenvalue weighted by Gasteiger charge is 2.40. The van der Waals surface area contributed by atoms with E-state index in [1.54, 1.807) is 4.90 Å². The SMILES string of the molecule is CC(C)C1C2=C(CCN1C(=O)C1CCC(CN(C)C(=O)OC(C)(C)C)CC1)c1ccccc1C2. The van der Waals surface area contributed by atoms with Crippen molar-refractivity contribution in [2.24, 2.45) is 17.8 Å². The van der Waals surface area contributed by atoms with Gasteiger partial charge >= 0.3 is 6.09 Å². The molecule has 0 aromatic heterocycles. The molecule has 1 atom stereocenters. The number of carbonyl (C=O) groups is 2. The molecular formula is C29H42N2O3. The van der Waals surface area contributed by atoms with Crippen molar-refractivity contribution in [2.45, 2.75) is 84.8 Å². The lowest BCUT2D eigenvalue weighted by Crippen LogP contribution is -2.50. The molecule has 1 fully saturated rings. The number of amides is 2. The van der Waals surface area contributed by atoms with E-state index < -0.39 is 5.60 Å². The predicted octanol–water partition coefficient (Wildman–Crippen LogP) is 5.93. The van der Waals surface area contributed by atoms with Crippen LogP contribution in [-0.4, -0.2) is 53.6 Å². The molecule has 0 radical (unpaired) electrons. The topological polar surface area (TPSA) is 49.9 Å². The molecule has 1 heterocycles.